The van der Waals surface area contributed by atoms with Crippen molar-refractivity contribution in [2.75, 3.05) is 11.1 Å². The first-order valence-corrected chi connectivity index (χ1v) is 13.2. The van der Waals surface area contributed by atoms with Crippen LogP contribution in [0.3, 0.4) is 0 Å². The van der Waals surface area contributed by atoms with E-state index < -0.39 is 9.84 Å². The molecule has 0 spiro atoms. The van der Waals surface area contributed by atoms with Gasteiger partial charge in [0.2, 0.25) is 5.91 Å². The summed E-state index contributed by atoms with van der Waals surface area (Å²) in [7, 11) is -3.62. The average molecular weight is 493 g/mol. The van der Waals surface area contributed by atoms with Crippen molar-refractivity contribution in [1.29, 1.82) is 0 Å². The third-order valence-corrected chi connectivity index (χ3v) is 7.69. The van der Waals surface area contributed by atoms with Crippen molar-refractivity contribution in [3.63, 3.8) is 0 Å². The maximum atomic E-state index is 13.0. The molecule has 1 amide bonds. The highest BCUT2D eigenvalue weighted by molar-refractivity contribution is 7.99. The molecule has 0 atom stereocenters. The number of anilines is 1. The van der Waals surface area contributed by atoms with Gasteiger partial charge in [-0.3, -0.25) is 9.36 Å². The minimum absolute atomic E-state index is 0.101. The number of nitrogens with one attached hydrogen (secondary N) is 1. The Kier molecular flexibility index (Phi) is 7.14. The molecule has 0 saturated carbocycles. The molecule has 0 radical (unpaired) electrons. The van der Waals surface area contributed by atoms with Gasteiger partial charge < -0.3 is 5.32 Å². The molecule has 0 unspecified atom stereocenters. The highest BCUT2D eigenvalue weighted by Crippen LogP contribution is 2.25. The van der Waals surface area contributed by atoms with Crippen molar-refractivity contribution in [1.82, 2.24) is 14.8 Å². The summed E-state index contributed by atoms with van der Waals surface area (Å²) >= 11 is 1.20. The van der Waals surface area contributed by atoms with Crippen LogP contribution in [0.2, 0.25) is 0 Å². The van der Waals surface area contributed by atoms with Crippen molar-refractivity contribution in [3.05, 3.63) is 95.8 Å². The Balaban J connectivity index is 1.58. The maximum absolute atomic E-state index is 13.0. The molecule has 7 nitrogen and oxygen atoms in total. The lowest BCUT2D eigenvalue weighted by atomic mass is 10.1. The number of nitrogens with zero attached hydrogens (tertiary/aromatic N) is 3. The lowest BCUT2D eigenvalue weighted by Crippen LogP contribution is -2.16. The van der Waals surface area contributed by atoms with E-state index in [1.54, 1.807) is 34.9 Å². The molecule has 0 aliphatic rings. The molecule has 174 valence electrons. The van der Waals surface area contributed by atoms with Crippen LogP contribution in [0.15, 0.2) is 88.9 Å². The van der Waals surface area contributed by atoms with Crippen molar-refractivity contribution in [3.8, 4) is 5.69 Å². The third-order valence-electron chi connectivity index (χ3n) is 5.14. The molecule has 4 rings (SSSR count). The quantitative estimate of drug-likeness (QED) is 0.362. The van der Waals surface area contributed by atoms with E-state index in [0.29, 0.717) is 5.16 Å². The van der Waals surface area contributed by atoms with Crippen LogP contribution >= 0.6 is 11.8 Å². The van der Waals surface area contributed by atoms with Gasteiger partial charge in [-0.25, -0.2) is 8.42 Å². The first-order chi connectivity index (χ1) is 16.3. The van der Waals surface area contributed by atoms with Crippen molar-refractivity contribution in [2.45, 2.75) is 29.7 Å². The molecule has 0 aliphatic carbocycles. The number of hydrogen-bond acceptors (Lipinski definition) is 6. The normalized spacial score (nSPS) is 11.4. The number of aromatic nitrogens is 3. The zero-order chi connectivity index (χ0) is 24.1. The maximum Gasteiger partial charge on any atom is 0.234 e. The smallest absolute Gasteiger partial charge is 0.234 e. The van der Waals surface area contributed by atoms with Gasteiger partial charge in [0.15, 0.2) is 20.8 Å². The Morgan fingerprint density at radius 2 is 1.62 bits per heavy atom. The Labute approximate surface area is 203 Å². The summed E-state index contributed by atoms with van der Waals surface area (Å²) in [6, 6.07) is 23.4. The van der Waals surface area contributed by atoms with Crippen molar-refractivity contribution in [2.24, 2.45) is 0 Å². The van der Waals surface area contributed by atoms with Crippen LogP contribution < -0.4 is 5.32 Å². The highest BCUT2D eigenvalue weighted by Gasteiger charge is 2.23. The third kappa shape index (κ3) is 5.55. The molecule has 1 aromatic heterocycles. The largest absolute Gasteiger partial charge is 0.325 e. The minimum Gasteiger partial charge on any atom is -0.325 e. The average Bonchev–Trinajstić information content (AvgIpc) is 3.23. The number of carbonyl (C=O) groups is 1. The lowest BCUT2D eigenvalue weighted by molar-refractivity contribution is -0.113. The number of amides is 1. The molecule has 0 aliphatic heterocycles. The second-order valence-corrected chi connectivity index (χ2v) is 10.7. The second-order valence-electron chi connectivity index (χ2n) is 7.80. The fourth-order valence-corrected chi connectivity index (χ4v) is 5.43. The van der Waals surface area contributed by atoms with Gasteiger partial charge in [0, 0.05) is 11.4 Å². The molecule has 1 N–H and O–H groups in total. The molecule has 0 bridgehead atoms. The Hall–Kier alpha value is -3.43. The summed E-state index contributed by atoms with van der Waals surface area (Å²) in [5.41, 5.74) is 3.53. The van der Waals surface area contributed by atoms with Crippen molar-refractivity contribution >= 4 is 33.2 Å². The predicted octanol–water partition coefficient (Wildman–Crippen LogP) is 4.59. The Bertz CT molecular complexity index is 1400. The van der Waals surface area contributed by atoms with Gasteiger partial charge in [-0.05, 0) is 55.3 Å². The van der Waals surface area contributed by atoms with Gasteiger partial charge in [-0.15, -0.1) is 10.2 Å². The number of sulfone groups is 1. The van der Waals surface area contributed by atoms with Crippen LogP contribution in [0.5, 0.6) is 0 Å². The zero-order valence-electron chi connectivity index (χ0n) is 18.8. The van der Waals surface area contributed by atoms with Gasteiger partial charge in [-0.2, -0.15) is 0 Å². The number of para-hydroxylation sites is 1. The fourth-order valence-electron chi connectivity index (χ4n) is 3.39. The standard InChI is InChI=1S/C25H24N4O3S2/c1-18-13-14-19(2)22(15-18)26-24(30)16-33-25-28-27-23(29(25)20-9-5-3-6-10-20)17-34(31,32)21-11-7-4-8-12-21/h3-15H,16-17H2,1-2H3,(H,26,30). The SMILES string of the molecule is Cc1ccc(C)c(NC(=O)CSc2nnc(CS(=O)(=O)c3ccccc3)n2-c2ccccc2)c1. The molecular formula is C25H24N4O3S2. The summed E-state index contributed by atoms with van der Waals surface area (Å²) in [6.07, 6.45) is 0. The summed E-state index contributed by atoms with van der Waals surface area (Å²) < 4.78 is 27.6. The molecular weight excluding hydrogens is 468 g/mol. The predicted molar refractivity (Wildman–Crippen MR) is 134 cm³/mol. The van der Waals surface area contributed by atoms with Gasteiger partial charge in [-0.1, -0.05) is 60.3 Å². The fraction of sp³-hybridized carbons (Fsp3) is 0.160. The molecule has 0 fully saturated rings. The number of benzene rings is 3. The van der Waals surface area contributed by atoms with E-state index in [1.807, 2.05) is 62.4 Å². The van der Waals surface area contributed by atoms with E-state index in [2.05, 4.69) is 15.5 Å². The monoisotopic (exact) mass is 492 g/mol. The van der Waals surface area contributed by atoms with Crippen LogP contribution in [-0.4, -0.2) is 34.8 Å². The van der Waals surface area contributed by atoms with Gasteiger partial charge in [0.1, 0.15) is 5.75 Å². The molecule has 9 heteroatoms. The van der Waals surface area contributed by atoms with Crippen LogP contribution in [0.1, 0.15) is 17.0 Å². The number of thioether (sulfide) groups is 1. The molecule has 0 saturated heterocycles. The molecule has 34 heavy (non-hydrogen) atoms. The number of carbonyl (C=O) groups excluding carboxylic acids is 1. The number of aryl methyl sites for hydroxylation is 2. The van der Waals surface area contributed by atoms with Gasteiger partial charge in [0.25, 0.3) is 0 Å². The van der Waals surface area contributed by atoms with Crippen LogP contribution in [0.25, 0.3) is 5.69 Å². The van der Waals surface area contributed by atoms with E-state index in [1.165, 1.54) is 11.8 Å². The van der Waals surface area contributed by atoms with E-state index in [-0.39, 0.29) is 28.1 Å². The summed E-state index contributed by atoms with van der Waals surface area (Å²) in [5.74, 6) is -0.106. The van der Waals surface area contributed by atoms with E-state index in [0.717, 1.165) is 22.5 Å². The van der Waals surface area contributed by atoms with E-state index in [9.17, 15) is 13.2 Å². The molecule has 1 heterocycles. The summed E-state index contributed by atoms with van der Waals surface area (Å²) in [5, 5.41) is 11.8. The summed E-state index contributed by atoms with van der Waals surface area (Å²) in [4.78, 5) is 12.9. The van der Waals surface area contributed by atoms with Gasteiger partial charge >= 0.3 is 0 Å². The lowest BCUT2D eigenvalue weighted by Gasteiger charge is -2.11. The Morgan fingerprint density at radius 1 is 0.941 bits per heavy atom. The highest BCUT2D eigenvalue weighted by atomic mass is 32.2. The van der Waals surface area contributed by atoms with Gasteiger partial charge in [0.05, 0.1) is 10.6 Å². The van der Waals surface area contributed by atoms with E-state index >= 15 is 0 Å². The second kappa shape index (κ2) is 10.2. The first kappa shape index (κ1) is 23.7. The first-order valence-electron chi connectivity index (χ1n) is 10.6. The number of rotatable bonds is 8. The minimum atomic E-state index is -3.62. The van der Waals surface area contributed by atoms with E-state index in [4.69, 9.17) is 0 Å². The van der Waals surface area contributed by atoms with Crippen LogP contribution in [-0.2, 0) is 20.4 Å². The summed E-state index contributed by atoms with van der Waals surface area (Å²) in [6.45, 7) is 3.91. The van der Waals surface area contributed by atoms with Crippen LogP contribution in [0, 0.1) is 13.8 Å². The zero-order valence-corrected chi connectivity index (χ0v) is 20.4. The number of hydrogen-bond donors (Lipinski definition) is 1. The molecule has 3 aromatic carbocycles. The van der Waals surface area contributed by atoms with Crippen LogP contribution in [0.4, 0.5) is 5.69 Å². The topological polar surface area (TPSA) is 94.0 Å². The Morgan fingerprint density at radius 3 is 2.32 bits per heavy atom. The van der Waals surface area contributed by atoms with Crippen molar-refractivity contribution < 1.29 is 13.2 Å². The molecule has 4 aromatic rings.